The van der Waals surface area contributed by atoms with E-state index in [-0.39, 0.29) is 38.1 Å². The summed E-state index contributed by atoms with van der Waals surface area (Å²) in [5.74, 6) is 0.308. The molecule has 1 saturated heterocycles. The van der Waals surface area contributed by atoms with Crippen LogP contribution in [0.25, 0.3) is 0 Å². The molecule has 0 atom stereocenters. The molecule has 1 N–H and O–H groups in total. The molecule has 0 aromatic rings. The molecular weight excluding hydrogens is 333 g/mol. The maximum Gasteiger partial charge on any atom is 0.199 e. The minimum absolute atomic E-state index is 0. The molecular formula is C14H26N2O3Y-2. The van der Waals surface area contributed by atoms with E-state index >= 15 is 0 Å². The van der Waals surface area contributed by atoms with Gasteiger partial charge in [-0.15, -0.1) is 0 Å². The van der Waals surface area contributed by atoms with Crippen LogP contribution in [0.3, 0.4) is 0 Å². The Hall–Kier alpha value is 0.00390. The minimum atomic E-state index is -0.113. The topological polar surface area (TPSA) is 60.9 Å². The Morgan fingerprint density at radius 3 is 2.10 bits per heavy atom. The molecule has 1 radical (unpaired) electrons. The fourth-order valence-electron chi connectivity index (χ4n) is 2.32. The van der Waals surface area contributed by atoms with Crippen LogP contribution in [0, 0.1) is 11.5 Å². The molecule has 0 aromatic heterocycles. The number of piperidine rings is 1. The predicted octanol–water partition coefficient (Wildman–Crippen LogP) is 1.75. The Labute approximate surface area is 148 Å². The van der Waals surface area contributed by atoms with Gasteiger partial charge in [0.25, 0.3) is 0 Å². The Bertz CT molecular complexity index is 290. The second-order valence-corrected chi connectivity index (χ2v) is 5.34. The SMILES string of the molecule is CCC1(C(=O)N(C)[C-](C)C)CCN(C)CC1.O=[C-]O.[Y]. The summed E-state index contributed by atoms with van der Waals surface area (Å²) in [6.45, 7) is 8.71. The van der Waals surface area contributed by atoms with E-state index in [0.717, 1.165) is 38.4 Å². The Balaban J connectivity index is 0. The van der Waals surface area contributed by atoms with Crippen LogP contribution in [0.4, 0.5) is 0 Å². The summed E-state index contributed by atoms with van der Waals surface area (Å²) >= 11 is 0. The molecule has 0 spiro atoms. The van der Waals surface area contributed by atoms with Crippen LogP contribution < -0.4 is 0 Å². The van der Waals surface area contributed by atoms with Gasteiger partial charge >= 0.3 is 0 Å². The summed E-state index contributed by atoms with van der Waals surface area (Å²) in [5, 5.41) is 6.76. The van der Waals surface area contributed by atoms with Crippen LogP contribution in [0.15, 0.2) is 0 Å². The van der Waals surface area contributed by atoms with E-state index in [0.29, 0.717) is 12.4 Å². The predicted molar refractivity (Wildman–Crippen MR) is 75.1 cm³/mol. The number of hydrogen-bond acceptors (Lipinski definition) is 3. The van der Waals surface area contributed by atoms with E-state index in [1.54, 1.807) is 0 Å². The first-order valence-corrected chi connectivity index (χ1v) is 6.62. The normalized spacial score (nSPS) is 17.5. The molecule has 1 aliphatic rings. The number of carbonyl (C=O) groups excluding carboxylic acids is 1. The van der Waals surface area contributed by atoms with Gasteiger partial charge in [-0.1, -0.05) is 13.4 Å². The first kappa shape index (κ1) is 22.3. The zero-order chi connectivity index (χ0) is 15.1. The largest absolute Gasteiger partial charge is 0.665 e. The van der Waals surface area contributed by atoms with Crippen LogP contribution in [-0.4, -0.2) is 54.5 Å². The summed E-state index contributed by atoms with van der Waals surface area (Å²) in [7, 11) is 4.03. The number of hydrogen-bond donors (Lipinski definition) is 1. The Morgan fingerprint density at radius 1 is 1.40 bits per heavy atom. The van der Waals surface area contributed by atoms with Crippen LogP contribution in [0.5, 0.6) is 0 Å². The van der Waals surface area contributed by atoms with Gasteiger partial charge in [0.15, 0.2) is 5.91 Å². The van der Waals surface area contributed by atoms with Gasteiger partial charge < -0.3 is 19.7 Å². The molecule has 0 aliphatic carbocycles. The monoisotopic (exact) mass is 359 g/mol. The number of aliphatic hydroxyl groups excluding tert-OH is 1. The summed E-state index contributed by atoms with van der Waals surface area (Å²) in [5.41, 5.74) is -0.113. The second-order valence-electron chi connectivity index (χ2n) is 5.34. The van der Waals surface area contributed by atoms with Crippen molar-refractivity contribution >= 4 is 12.4 Å². The van der Waals surface area contributed by atoms with E-state index < -0.39 is 0 Å². The van der Waals surface area contributed by atoms with E-state index in [4.69, 9.17) is 9.90 Å². The molecule has 1 rings (SSSR count). The molecule has 1 amide bonds. The average Bonchev–Trinajstić information content (AvgIpc) is 2.39. The molecule has 1 heterocycles. The molecule has 115 valence electrons. The van der Waals surface area contributed by atoms with Crippen LogP contribution in [0.2, 0.25) is 0 Å². The number of carbonyl (C=O) groups is 1. The first-order chi connectivity index (χ1) is 8.84. The summed E-state index contributed by atoms with van der Waals surface area (Å²) in [4.78, 5) is 24.9. The molecule has 0 unspecified atom stereocenters. The van der Waals surface area contributed by atoms with Crippen LogP contribution in [-0.2, 0) is 42.3 Å². The van der Waals surface area contributed by atoms with Crippen molar-refractivity contribution in [3.63, 3.8) is 0 Å². The van der Waals surface area contributed by atoms with E-state index in [2.05, 4.69) is 18.9 Å². The van der Waals surface area contributed by atoms with Gasteiger partial charge in [0.1, 0.15) is 0 Å². The van der Waals surface area contributed by atoms with Gasteiger partial charge in [-0.25, -0.2) is 6.04 Å². The number of likely N-dealkylation sites (tertiary alicyclic amines) is 1. The number of rotatable bonds is 3. The fraction of sp³-hybridized carbons (Fsp3) is 0.786. The average molecular weight is 359 g/mol. The fourth-order valence-corrected chi connectivity index (χ4v) is 2.32. The number of nitrogens with zero attached hydrogens (tertiary/aromatic N) is 2. The molecule has 20 heavy (non-hydrogen) atoms. The smallest absolute Gasteiger partial charge is 0.199 e. The summed E-state index contributed by atoms with van der Waals surface area (Å²) < 4.78 is 0. The van der Waals surface area contributed by atoms with Crippen molar-refractivity contribution in [3.8, 4) is 0 Å². The van der Waals surface area contributed by atoms with Crippen molar-refractivity contribution in [3.05, 3.63) is 6.04 Å². The quantitative estimate of drug-likeness (QED) is 0.780. The van der Waals surface area contributed by atoms with Crippen LogP contribution in [0.1, 0.15) is 40.0 Å². The van der Waals surface area contributed by atoms with Crippen molar-refractivity contribution in [2.24, 2.45) is 5.41 Å². The maximum absolute atomic E-state index is 12.5. The summed E-state index contributed by atoms with van der Waals surface area (Å²) in [6, 6.07) is 1.08. The third-order valence-corrected chi connectivity index (χ3v) is 4.05. The third-order valence-electron chi connectivity index (χ3n) is 4.05. The van der Waals surface area contributed by atoms with Crippen molar-refractivity contribution in [1.29, 1.82) is 0 Å². The molecule has 1 aliphatic heterocycles. The Morgan fingerprint density at radius 2 is 1.80 bits per heavy atom. The van der Waals surface area contributed by atoms with Gasteiger partial charge in [-0.3, -0.25) is 4.79 Å². The Kier molecular flexibility index (Phi) is 11.9. The molecule has 5 nitrogen and oxygen atoms in total. The van der Waals surface area contributed by atoms with E-state index in [9.17, 15) is 4.79 Å². The minimum Gasteiger partial charge on any atom is -0.665 e. The van der Waals surface area contributed by atoms with Gasteiger partial charge in [0.05, 0.1) is 0 Å². The maximum atomic E-state index is 12.5. The van der Waals surface area contributed by atoms with Crippen LogP contribution >= 0.6 is 0 Å². The van der Waals surface area contributed by atoms with Crippen molar-refractivity contribution in [1.82, 2.24) is 9.80 Å². The van der Waals surface area contributed by atoms with Gasteiger partial charge in [-0.2, -0.15) is 13.8 Å². The van der Waals surface area contributed by atoms with Crippen molar-refractivity contribution < 1.29 is 47.4 Å². The molecule has 6 heteroatoms. The standard InChI is InChI=1S/C13H25N2O.CHO2.Y/c1-6-13(7-9-14(4)10-8-13)12(16)15(5)11(2)3;2-1-3;/h6-10H2,1-5H3;(H,2,3);/q2*-1;. The third kappa shape index (κ3) is 6.19. The molecule has 0 saturated carbocycles. The molecule has 0 bridgehead atoms. The van der Waals surface area contributed by atoms with Crippen molar-refractivity contribution in [2.45, 2.75) is 40.0 Å². The van der Waals surface area contributed by atoms with Gasteiger partial charge in [0, 0.05) is 38.1 Å². The van der Waals surface area contributed by atoms with E-state index in [1.807, 2.05) is 25.8 Å². The molecule has 1 fully saturated rings. The zero-order valence-corrected chi connectivity index (χ0v) is 16.1. The second kappa shape index (κ2) is 10.7. The van der Waals surface area contributed by atoms with E-state index in [1.165, 1.54) is 0 Å². The van der Waals surface area contributed by atoms with Gasteiger partial charge in [-0.05, 0) is 46.4 Å². The zero-order valence-electron chi connectivity index (χ0n) is 13.3. The summed E-state index contributed by atoms with van der Waals surface area (Å²) in [6.07, 6.45) is 2.95. The first-order valence-electron chi connectivity index (χ1n) is 6.62. The molecule has 0 aromatic carbocycles. The number of amides is 1. The van der Waals surface area contributed by atoms with Crippen molar-refractivity contribution in [2.75, 3.05) is 27.2 Å². The van der Waals surface area contributed by atoms with Gasteiger partial charge in [0.2, 0.25) is 0 Å².